The summed E-state index contributed by atoms with van der Waals surface area (Å²) in [5.74, 6) is 1.45. The van der Waals surface area contributed by atoms with Crippen molar-refractivity contribution in [1.82, 2.24) is 14.8 Å². The summed E-state index contributed by atoms with van der Waals surface area (Å²) in [4.78, 5) is 62.7. The van der Waals surface area contributed by atoms with Gasteiger partial charge < -0.3 is 52.9 Å². The summed E-state index contributed by atoms with van der Waals surface area (Å²) in [6.45, 7) is 4.80. The summed E-state index contributed by atoms with van der Waals surface area (Å²) in [6, 6.07) is 27.7. The average molecular weight is 1440 g/mol. The first kappa shape index (κ1) is 51.2. The van der Waals surface area contributed by atoms with Crippen LogP contribution in [0.15, 0.2) is 89.7 Å². The van der Waals surface area contributed by atoms with Crippen molar-refractivity contribution in [2.75, 3.05) is 99.3 Å². The number of hydrogen-bond acceptors (Lipinski definition) is 10. The Morgan fingerprint density at radius 1 is 0.726 bits per heavy atom. The SMILES string of the molecule is COc1cc(N2CCN(C(=O)CN([C-]=O)c3[c-]cc(-c4ncco4)cc3)CC2)ccc1Cl.COc1cc(N2CCN(C(=O)CN([C-]=O)c3[c-]cc(I)cc3)CC2)ccc1Cl.[U+2].[U+2]. The summed E-state index contributed by atoms with van der Waals surface area (Å²) in [6.07, 6.45) is 6.68. The van der Waals surface area contributed by atoms with Crippen LogP contribution >= 0.6 is 45.8 Å². The molecule has 0 unspecified atom stereocenters. The van der Waals surface area contributed by atoms with Crippen LogP contribution in [0.1, 0.15) is 0 Å². The molecular formula is C43H40Cl2IN7O7U2. The number of carbonyl (C=O) groups is 2. The normalized spacial score (nSPS) is 13.4. The number of hydrogen-bond donors (Lipinski definition) is 0. The van der Waals surface area contributed by atoms with Crippen molar-refractivity contribution in [3.63, 3.8) is 0 Å². The number of ether oxygens (including phenoxy) is 2. The third kappa shape index (κ3) is 13.6. The largest absolute Gasteiger partial charge is 2.00 e. The van der Waals surface area contributed by atoms with Gasteiger partial charge in [-0.1, -0.05) is 32.3 Å². The molecule has 2 fully saturated rings. The van der Waals surface area contributed by atoms with Gasteiger partial charge in [0.05, 0.1) is 56.4 Å². The minimum absolute atomic E-state index is 0. The molecule has 2 aliphatic heterocycles. The molecule has 5 aromatic rings. The van der Waals surface area contributed by atoms with Crippen molar-refractivity contribution in [2.45, 2.75) is 0 Å². The quantitative estimate of drug-likeness (QED) is 0.0786. The fraction of sp³-hybridized carbons (Fsp3) is 0.279. The molecule has 0 saturated carbocycles. The van der Waals surface area contributed by atoms with E-state index in [1.807, 2.05) is 49.2 Å². The van der Waals surface area contributed by atoms with E-state index in [1.54, 1.807) is 66.6 Å². The van der Waals surface area contributed by atoms with Gasteiger partial charge in [0, 0.05) is 75.9 Å². The van der Waals surface area contributed by atoms with Crippen LogP contribution in [-0.4, -0.2) is 119 Å². The Labute approximate surface area is 432 Å². The van der Waals surface area contributed by atoms with Gasteiger partial charge >= 0.3 is 62.2 Å². The molecule has 4 aromatic carbocycles. The molecule has 0 atom stereocenters. The molecule has 0 bridgehead atoms. The molecular weight excluding hydrogens is 1400 g/mol. The summed E-state index contributed by atoms with van der Waals surface area (Å²) >= 11 is 14.4. The Morgan fingerprint density at radius 3 is 1.56 bits per heavy atom. The molecule has 7 rings (SSSR count). The number of carbonyl (C=O) groups excluding carboxylic acids is 4. The predicted molar refractivity (Wildman–Crippen MR) is 238 cm³/mol. The number of benzene rings is 4. The third-order valence-electron chi connectivity index (χ3n) is 9.89. The molecule has 318 valence electrons. The zero-order chi connectivity index (χ0) is 42.6. The maximum Gasteiger partial charge on any atom is 2.00 e. The standard InChI is InChI=1S/C23H21ClN4O4.C20H19ClIN3O3.2U/c1-31-21-14-19(6-7-20(21)24)26-9-11-27(12-10-26)22(30)15-28(16-29)18-4-2-17(3-5-18)23-25-8-13-32-23;1-28-19-12-17(6-7-18(19)21)23-8-10-24(11-9-23)20(27)13-25(14-26)16-4-2-15(22)3-5-16;;/h2-4,6-8,13-14H,9-12,15H2,1H3;2-4,6-7,12H,8-11,13H2,1H3;;/q2*-2;2*+2. The molecule has 4 amide bonds. The smallest absolute Gasteiger partial charge is 0.495 e. The van der Waals surface area contributed by atoms with Gasteiger partial charge in [0.15, 0.2) is 5.89 Å². The van der Waals surface area contributed by atoms with Crippen molar-refractivity contribution in [3.05, 3.63) is 111 Å². The fourth-order valence-electron chi connectivity index (χ4n) is 6.57. The van der Waals surface area contributed by atoms with Crippen molar-refractivity contribution >= 4 is 93.2 Å². The second kappa shape index (κ2) is 25.2. The van der Waals surface area contributed by atoms with Gasteiger partial charge in [-0.2, -0.15) is 24.3 Å². The minimum atomic E-state index is -0.146. The van der Waals surface area contributed by atoms with E-state index in [-0.39, 0.29) is 87.1 Å². The van der Waals surface area contributed by atoms with Gasteiger partial charge in [-0.05, 0) is 24.3 Å². The summed E-state index contributed by atoms with van der Waals surface area (Å²) in [5, 5.41) is 1.12. The number of methoxy groups -OCH3 is 2. The monoisotopic (exact) mass is 1440 g/mol. The molecule has 62 heavy (non-hydrogen) atoms. The van der Waals surface area contributed by atoms with Gasteiger partial charge in [-0.25, -0.2) is 28.5 Å². The number of halogens is 3. The Bertz CT molecular complexity index is 2230. The molecule has 0 spiro atoms. The first-order valence-corrected chi connectivity index (χ1v) is 20.6. The summed E-state index contributed by atoms with van der Waals surface area (Å²) in [5.41, 5.74) is 3.71. The molecule has 1 aromatic heterocycles. The van der Waals surface area contributed by atoms with E-state index in [2.05, 4.69) is 49.5 Å². The fourth-order valence-corrected chi connectivity index (χ4v) is 7.30. The zero-order valence-electron chi connectivity index (χ0n) is 33.8. The molecule has 2 aliphatic rings. The zero-order valence-corrected chi connectivity index (χ0v) is 45.8. The van der Waals surface area contributed by atoms with E-state index in [9.17, 15) is 19.2 Å². The van der Waals surface area contributed by atoms with Crippen LogP contribution in [0, 0.1) is 77.9 Å². The van der Waals surface area contributed by atoms with Gasteiger partial charge in [0.25, 0.3) is 0 Å². The molecule has 19 heteroatoms. The maximum atomic E-state index is 12.8. The van der Waals surface area contributed by atoms with Crippen LogP contribution in [0.25, 0.3) is 11.5 Å². The topological polar surface area (TPSA) is 132 Å². The first-order valence-electron chi connectivity index (χ1n) is 18.7. The summed E-state index contributed by atoms with van der Waals surface area (Å²) in [7, 11) is 3.17. The Balaban J connectivity index is 0.000000266. The van der Waals surface area contributed by atoms with E-state index in [1.165, 1.54) is 16.1 Å². The van der Waals surface area contributed by atoms with E-state index >= 15 is 0 Å². The van der Waals surface area contributed by atoms with Crippen LogP contribution in [0.4, 0.5) is 22.7 Å². The van der Waals surface area contributed by atoms with Gasteiger partial charge in [0.2, 0.25) is 11.8 Å². The molecule has 0 aliphatic carbocycles. The number of piperazine rings is 2. The van der Waals surface area contributed by atoms with Crippen molar-refractivity contribution in [1.29, 1.82) is 0 Å². The van der Waals surface area contributed by atoms with Crippen LogP contribution in [0.5, 0.6) is 11.5 Å². The number of anilines is 4. The van der Waals surface area contributed by atoms with Crippen LogP contribution < -0.4 is 29.1 Å². The Hall–Kier alpha value is -3.42. The molecule has 14 nitrogen and oxygen atoms in total. The Morgan fingerprint density at radius 2 is 1.19 bits per heavy atom. The maximum absolute atomic E-state index is 12.8. The van der Waals surface area contributed by atoms with Crippen molar-refractivity contribution in [3.8, 4) is 23.0 Å². The second-order valence-electron chi connectivity index (χ2n) is 13.4. The number of oxazole rings is 1. The molecule has 0 N–H and O–H groups in total. The molecule has 0 radical (unpaired) electrons. The number of nitrogens with zero attached hydrogens (tertiary/aromatic N) is 7. The predicted octanol–water partition coefficient (Wildman–Crippen LogP) is 6.00. The first-order chi connectivity index (χ1) is 29.1. The van der Waals surface area contributed by atoms with Crippen LogP contribution in [0.2, 0.25) is 10.0 Å². The molecule has 2 saturated heterocycles. The van der Waals surface area contributed by atoms with Gasteiger partial charge in [-0.3, -0.25) is 21.7 Å². The summed E-state index contributed by atoms with van der Waals surface area (Å²) < 4.78 is 16.8. The average Bonchev–Trinajstić information content (AvgIpc) is 3.84. The van der Waals surface area contributed by atoms with Crippen LogP contribution in [0.3, 0.4) is 0 Å². The Kier molecular flexibility index (Phi) is 20.8. The van der Waals surface area contributed by atoms with E-state index in [4.69, 9.17) is 37.1 Å². The second-order valence-corrected chi connectivity index (χ2v) is 15.5. The number of amides is 4. The van der Waals surface area contributed by atoms with Crippen LogP contribution in [-0.2, 0) is 19.2 Å². The number of rotatable bonds is 13. The molecule has 3 heterocycles. The van der Waals surface area contributed by atoms with Gasteiger partial charge in [-0.15, -0.1) is 22.6 Å². The van der Waals surface area contributed by atoms with E-state index < -0.39 is 0 Å². The van der Waals surface area contributed by atoms with Crippen molar-refractivity contribution < 1.29 is 95.3 Å². The van der Waals surface area contributed by atoms with Crippen molar-refractivity contribution in [2.24, 2.45) is 0 Å². The third-order valence-corrected chi connectivity index (χ3v) is 11.2. The van der Waals surface area contributed by atoms with E-state index in [0.717, 1.165) is 20.5 Å². The van der Waals surface area contributed by atoms with E-state index in [0.29, 0.717) is 91.2 Å². The van der Waals surface area contributed by atoms with Gasteiger partial charge in [0.1, 0.15) is 17.8 Å². The number of aromatic nitrogens is 1. The minimum Gasteiger partial charge on any atom is -0.495 e.